The zero-order chi connectivity index (χ0) is 28.9. The molecule has 2 nitrogen and oxygen atoms in total. The van der Waals surface area contributed by atoms with Gasteiger partial charge in [-0.3, -0.25) is 0 Å². The third-order valence-electron chi connectivity index (χ3n) is 9.35. The van der Waals surface area contributed by atoms with Gasteiger partial charge in [-0.2, -0.15) is 5.26 Å². The summed E-state index contributed by atoms with van der Waals surface area (Å²) in [5.41, 5.74) is 10.7. The summed E-state index contributed by atoms with van der Waals surface area (Å²) in [6.07, 6.45) is 0. The molecule has 2 aromatic heterocycles. The molecule has 0 aliphatic heterocycles. The molecule has 0 bridgehead atoms. The average Bonchev–Trinajstić information content (AvgIpc) is 3.48. The van der Waals surface area contributed by atoms with E-state index in [1.54, 1.807) is 0 Å². The number of fused-ring (bicyclic) bond motifs is 8. The van der Waals surface area contributed by atoms with E-state index in [1.807, 2.05) is 12.1 Å². The van der Waals surface area contributed by atoms with Crippen molar-refractivity contribution in [2.24, 2.45) is 0 Å². The van der Waals surface area contributed by atoms with Crippen LogP contribution in [-0.4, -0.2) is 4.40 Å². The topological polar surface area (TPSA) is 28.2 Å². The summed E-state index contributed by atoms with van der Waals surface area (Å²) < 4.78 is 2.50. The highest BCUT2D eigenvalue weighted by Crippen LogP contribution is 2.44. The molecule has 0 spiro atoms. The number of aromatic nitrogens is 1. The van der Waals surface area contributed by atoms with Crippen molar-refractivity contribution >= 4 is 59.6 Å². The fourth-order valence-corrected chi connectivity index (χ4v) is 7.00. The first kappa shape index (κ1) is 24.9. The molecule has 8 rings (SSSR count). The van der Waals surface area contributed by atoms with Gasteiger partial charge in [0, 0.05) is 21.5 Å². The van der Waals surface area contributed by atoms with Crippen molar-refractivity contribution in [2.45, 2.75) is 46.5 Å². The lowest BCUT2D eigenvalue weighted by atomic mass is 9.94. The van der Waals surface area contributed by atoms with Crippen LogP contribution in [0.5, 0.6) is 0 Å². The van der Waals surface area contributed by atoms with Crippen LogP contribution in [0.2, 0.25) is 0 Å². The molecule has 0 amide bonds. The molecule has 0 N–H and O–H groups in total. The molecule has 0 aliphatic rings. The van der Waals surface area contributed by atoms with Crippen LogP contribution < -0.4 is 0 Å². The molecule has 0 saturated heterocycles. The van der Waals surface area contributed by atoms with E-state index in [1.165, 1.54) is 81.9 Å². The Labute approximate surface area is 245 Å². The number of hydrogen-bond acceptors (Lipinski definition) is 1. The van der Waals surface area contributed by atoms with E-state index in [-0.39, 0.29) is 0 Å². The minimum absolute atomic E-state index is 0.485. The smallest absolute Gasteiger partial charge is 0.0991 e. The standard InChI is InChI=1S/C40H32N2/c1-22(2)26-7-9-28-19-38-34(15-30(28)13-26)36-17-32(33-11-6-25(21-41)12-24(33)5)18-37-35-16-31-14-27(23(3)4)8-10-29(31)20-39(35)42(38)40(36)37/h6-20,22-23H,1-5H3. The third kappa shape index (κ3) is 3.50. The van der Waals surface area contributed by atoms with E-state index >= 15 is 0 Å². The van der Waals surface area contributed by atoms with Gasteiger partial charge in [0.15, 0.2) is 0 Å². The number of rotatable bonds is 3. The van der Waals surface area contributed by atoms with Gasteiger partial charge in [-0.25, -0.2) is 0 Å². The van der Waals surface area contributed by atoms with Gasteiger partial charge in [0.25, 0.3) is 0 Å². The van der Waals surface area contributed by atoms with E-state index in [0.29, 0.717) is 17.4 Å². The summed E-state index contributed by atoms with van der Waals surface area (Å²) >= 11 is 0. The van der Waals surface area contributed by atoms with Gasteiger partial charge in [-0.05, 0) is 117 Å². The Balaban J connectivity index is 1.54. The van der Waals surface area contributed by atoms with Gasteiger partial charge in [-0.1, -0.05) is 70.2 Å². The van der Waals surface area contributed by atoms with Crippen LogP contribution in [0, 0.1) is 18.3 Å². The van der Waals surface area contributed by atoms with E-state index in [0.717, 1.165) is 5.56 Å². The van der Waals surface area contributed by atoms with Crippen LogP contribution in [0.1, 0.15) is 61.8 Å². The number of aryl methyl sites for hydroxylation is 1. The number of nitrogens with zero attached hydrogens (tertiary/aromatic N) is 2. The summed E-state index contributed by atoms with van der Waals surface area (Å²) in [7, 11) is 0. The maximum absolute atomic E-state index is 9.48. The van der Waals surface area contributed by atoms with E-state index in [9.17, 15) is 5.26 Å². The quantitative estimate of drug-likeness (QED) is 0.219. The number of hydrogen-bond donors (Lipinski definition) is 0. The second kappa shape index (κ2) is 8.81. The fraction of sp³-hybridized carbons (Fsp3) is 0.175. The first-order valence-electron chi connectivity index (χ1n) is 15.0. The summed E-state index contributed by atoms with van der Waals surface area (Å²) in [5, 5.41) is 19.7. The summed E-state index contributed by atoms with van der Waals surface area (Å²) in [6.45, 7) is 11.1. The van der Waals surface area contributed by atoms with Crippen molar-refractivity contribution < 1.29 is 0 Å². The van der Waals surface area contributed by atoms with Gasteiger partial charge < -0.3 is 4.40 Å². The first-order chi connectivity index (χ1) is 20.3. The Morgan fingerprint density at radius 3 is 1.60 bits per heavy atom. The molecule has 42 heavy (non-hydrogen) atoms. The largest absolute Gasteiger partial charge is 0.308 e. The van der Waals surface area contributed by atoms with Gasteiger partial charge in [0.05, 0.1) is 28.2 Å². The Morgan fingerprint density at radius 2 is 1.12 bits per heavy atom. The van der Waals surface area contributed by atoms with Crippen molar-refractivity contribution in [3.05, 3.63) is 113 Å². The average molecular weight is 541 g/mol. The zero-order valence-corrected chi connectivity index (χ0v) is 24.7. The predicted octanol–water partition coefficient (Wildman–Crippen LogP) is 11.2. The van der Waals surface area contributed by atoms with Crippen molar-refractivity contribution in [1.29, 1.82) is 5.26 Å². The van der Waals surface area contributed by atoms with Crippen molar-refractivity contribution in [2.75, 3.05) is 0 Å². The molecule has 0 aliphatic carbocycles. The summed E-state index contributed by atoms with van der Waals surface area (Å²) in [4.78, 5) is 0. The highest BCUT2D eigenvalue weighted by atomic mass is 14.9. The monoisotopic (exact) mass is 540 g/mol. The molecule has 2 heteroatoms. The first-order valence-corrected chi connectivity index (χ1v) is 15.0. The van der Waals surface area contributed by atoms with Crippen LogP contribution in [0.25, 0.3) is 70.8 Å². The third-order valence-corrected chi connectivity index (χ3v) is 9.35. The van der Waals surface area contributed by atoms with Gasteiger partial charge in [0.2, 0.25) is 0 Å². The van der Waals surface area contributed by atoms with E-state index in [2.05, 4.69) is 124 Å². The van der Waals surface area contributed by atoms with Gasteiger partial charge >= 0.3 is 0 Å². The minimum Gasteiger partial charge on any atom is -0.308 e. The molecule has 2 heterocycles. The molecule has 0 unspecified atom stereocenters. The molecule has 202 valence electrons. The lowest BCUT2D eigenvalue weighted by Gasteiger charge is -2.10. The van der Waals surface area contributed by atoms with Gasteiger partial charge in [-0.15, -0.1) is 0 Å². The highest BCUT2D eigenvalue weighted by molar-refractivity contribution is 6.27. The molecule has 8 aromatic rings. The second-order valence-corrected chi connectivity index (χ2v) is 12.7. The fourth-order valence-electron chi connectivity index (χ4n) is 7.00. The maximum atomic E-state index is 9.48. The van der Waals surface area contributed by atoms with E-state index in [4.69, 9.17) is 0 Å². The normalized spacial score (nSPS) is 12.3. The molecule has 0 fully saturated rings. The number of benzene rings is 6. The van der Waals surface area contributed by atoms with Crippen molar-refractivity contribution in [1.82, 2.24) is 4.40 Å². The van der Waals surface area contributed by atoms with Crippen LogP contribution in [0.3, 0.4) is 0 Å². The van der Waals surface area contributed by atoms with Gasteiger partial charge in [0.1, 0.15) is 0 Å². The van der Waals surface area contributed by atoms with Crippen molar-refractivity contribution in [3.8, 4) is 17.2 Å². The van der Waals surface area contributed by atoms with E-state index < -0.39 is 0 Å². The Bertz CT molecular complexity index is 2290. The second-order valence-electron chi connectivity index (χ2n) is 12.7. The van der Waals surface area contributed by atoms with Crippen LogP contribution in [0.4, 0.5) is 0 Å². The maximum Gasteiger partial charge on any atom is 0.0991 e. The Kier molecular flexibility index (Phi) is 5.22. The SMILES string of the molecule is Cc1cc(C#N)ccc1-c1cc2c3cc4cc(C(C)C)ccc4cc3n3c4cc5ccc(C(C)C)cc5cc4c(c1)c23. The molecule has 0 saturated carbocycles. The Hall–Kier alpha value is -4.87. The zero-order valence-electron chi connectivity index (χ0n) is 24.7. The summed E-state index contributed by atoms with van der Waals surface area (Å²) in [6, 6.07) is 36.5. The van der Waals surface area contributed by atoms with Crippen LogP contribution >= 0.6 is 0 Å². The Morgan fingerprint density at radius 1 is 0.571 bits per heavy atom. The summed E-state index contributed by atoms with van der Waals surface area (Å²) in [5.74, 6) is 0.971. The van der Waals surface area contributed by atoms with Crippen molar-refractivity contribution in [3.63, 3.8) is 0 Å². The molecule has 0 radical (unpaired) electrons. The van der Waals surface area contributed by atoms with Crippen LogP contribution in [0.15, 0.2) is 91.0 Å². The lowest BCUT2D eigenvalue weighted by molar-refractivity contribution is 0.869. The lowest BCUT2D eigenvalue weighted by Crippen LogP contribution is -1.88. The number of nitriles is 1. The molecular weight excluding hydrogens is 508 g/mol. The molecule has 0 atom stereocenters. The predicted molar refractivity (Wildman–Crippen MR) is 179 cm³/mol. The minimum atomic E-state index is 0.485. The highest BCUT2D eigenvalue weighted by Gasteiger charge is 2.21. The molecular formula is C40H32N2. The van der Waals surface area contributed by atoms with Crippen LogP contribution in [-0.2, 0) is 0 Å². The molecule has 6 aromatic carbocycles.